The number of nitrogens with zero attached hydrogens (tertiary/aromatic N) is 1. The summed E-state index contributed by atoms with van der Waals surface area (Å²) in [5.74, 6) is -0.512. The van der Waals surface area contributed by atoms with Crippen molar-refractivity contribution in [2.24, 2.45) is 0 Å². The molecule has 1 saturated heterocycles. The van der Waals surface area contributed by atoms with Gasteiger partial charge in [-0.05, 0) is 27.7 Å². The molecule has 6 heteroatoms. The van der Waals surface area contributed by atoms with E-state index >= 15 is 0 Å². The molecule has 1 aliphatic heterocycles. The number of hydrogen-bond acceptors (Lipinski definition) is 5. The van der Waals surface area contributed by atoms with E-state index in [0.29, 0.717) is 26.2 Å². The molecule has 0 unspecified atom stereocenters. The van der Waals surface area contributed by atoms with Gasteiger partial charge in [0, 0.05) is 26.2 Å². The molecule has 1 heterocycles. The first kappa shape index (κ1) is 16.1. The quantitative estimate of drug-likeness (QED) is 0.540. The molecule has 0 aromatic carbocycles. The summed E-state index contributed by atoms with van der Waals surface area (Å²) in [6.07, 6.45) is 0.344. The van der Waals surface area contributed by atoms with E-state index < -0.39 is 5.54 Å². The zero-order chi connectivity index (χ0) is 14.5. The third-order valence-electron chi connectivity index (χ3n) is 3.27. The smallest absolute Gasteiger partial charge is 0.246 e. The predicted octanol–water partition coefficient (Wildman–Crippen LogP) is 0.513. The summed E-state index contributed by atoms with van der Waals surface area (Å²) in [4.78, 5) is 25.1. The van der Waals surface area contributed by atoms with Gasteiger partial charge in [0.2, 0.25) is 11.8 Å². The highest BCUT2D eigenvalue weighted by Crippen LogP contribution is 2.19. The molecular weight excluding hydrogens is 248 g/mol. The molecule has 6 nitrogen and oxygen atoms in total. The molecule has 2 amide bonds. The van der Waals surface area contributed by atoms with E-state index in [0.717, 1.165) is 0 Å². The van der Waals surface area contributed by atoms with Gasteiger partial charge in [-0.1, -0.05) is 0 Å². The molecule has 0 atom stereocenters. The number of rotatable bonds is 7. The third-order valence-corrected chi connectivity index (χ3v) is 3.27. The van der Waals surface area contributed by atoms with Gasteiger partial charge in [0.1, 0.15) is 0 Å². The Kier molecular flexibility index (Phi) is 5.90. The van der Waals surface area contributed by atoms with Crippen LogP contribution in [0.25, 0.3) is 0 Å². The van der Waals surface area contributed by atoms with Gasteiger partial charge < -0.3 is 9.47 Å². The standard InChI is InChI=1S/C13H24N2O4/c1-5-18-11(19-6-2)7-8-15-9-10(16)14-12(17)13(15,3)4/h11H,5-9H2,1-4H3,(H,14,16,17). The normalized spacial score (nSPS) is 19.8. The second kappa shape index (κ2) is 6.98. The van der Waals surface area contributed by atoms with E-state index in [1.165, 1.54) is 0 Å². The van der Waals surface area contributed by atoms with E-state index in [1.807, 2.05) is 32.6 Å². The van der Waals surface area contributed by atoms with Crippen molar-refractivity contribution in [3.8, 4) is 0 Å². The molecule has 1 fully saturated rings. The van der Waals surface area contributed by atoms with E-state index in [1.54, 1.807) is 0 Å². The van der Waals surface area contributed by atoms with Gasteiger partial charge in [0.05, 0.1) is 12.1 Å². The summed E-state index contributed by atoms with van der Waals surface area (Å²) in [6.45, 7) is 9.40. The van der Waals surface area contributed by atoms with Crippen molar-refractivity contribution in [3.63, 3.8) is 0 Å². The van der Waals surface area contributed by atoms with Crippen LogP contribution in [0.15, 0.2) is 0 Å². The number of carbonyl (C=O) groups is 2. The molecule has 0 saturated carbocycles. The Bertz CT molecular complexity index is 325. The molecule has 1 N–H and O–H groups in total. The lowest BCUT2D eigenvalue weighted by molar-refractivity contribution is -0.154. The first-order valence-corrected chi connectivity index (χ1v) is 6.74. The first-order valence-electron chi connectivity index (χ1n) is 6.74. The Labute approximate surface area is 114 Å². The van der Waals surface area contributed by atoms with Gasteiger partial charge in [0.25, 0.3) is 0 Å². The summed E-state index contributed by atoms with van der Waals surface area (Å²) >= 11 is 0. The van der Waals surface area contributed by atoms with Crippen LogP contribution in [0.3, 0.4) is 0 Å². The zero-order valence-electron chi connectivity index (χ0n) is 12.2. The second-order valence-electron chi connectivity index (χ2n) is 4.99. The summed E-state index contributed by atoms with van der Waals surface area (Å²) in [6, 6.07) is 0. The maximum atomic E-state index is 11.8. The summed E-state index contributed by atoms with van der Waals surface area (Å²) < 4.78 is 10.9. The Morgan fingerprint density at radius 3 is 2.37 bits per heavy atom. The summed E-state index contributed by atoms with van der Waals surface area (Å²) in [5.41, 5.74) is -0.684. The number of amides is 2. The lowest BCUT2D eigenvalue weighted by Gasteiger charge is -2.40. The fourth-order valence-corrected chi connectivity index (χ4v) is 2.04. The molecule has 1 aliphatic rings. The lowest BCUT2D eigenvalue weighted by Crippen LogP contribution is -2.64. The number of imide groups is 1. The van der Waals surface area contributed by atoms with Crippen LogP contribution in [-0.2, 0) is 19.1 Å². The first-order chi connectivity index (χ1) is 8.91. The highest BCUT2D eigenvalue weighted by atomic mass is 16.7. The number of nitrogens with one attached hydrogen (secondary N) is 1. The van der Waals surface area contributed by atoms with Crippen LogP contribution in [0.1, 0.15) is 34.1 Å². The molecule has 0 aliphatic carbocycles. The predicted molar refractivity (Wildman–Crippen MR) is 70.5 cm³/mol. The summed E-state index contributed by atoms with van der Waals surface area (Å²) in [7, 11) is 0. The number of piperazine rings is 1. The van der Waals surface area contributed by atoms with Crippen LogP contribution in [0.2, 0.25) is 0 Å². The molecule has 0 aromatic heterocycles. The van der Waals surface area contributed by atoms with Crippen LogP contribution in [0.5, 0.6) is 0 Å². The third kappa shape index (κ3) is 4.26. The highest BCUT2D eigenvalue weighted by molar-refractivity contribution is 6.02. The molecule has 110 valence electrons. The van der Waals surface area contributed by atoms with Crippen molar-refractivity contribution in [2.75, 3.05) is 26.3 Å². The molecule has 0 bridgehead atoms. The van der Waals surface area contributed by atoms with E-state index in [-0.39, 0.29) is 24.6 Å². The Balaban J connectivity index is 2.58. The Hall–Kier alpha value is -0.980. The Morgan fingerprint density at radius 1 is 1.26 bits per heavy atom. The summed E-state index contributed by atoms with van der Waals surface area (Å²) in [5, 5.41) is 2.36. The molecule has 1 rings (SSSR count). The van der Waals surface area contributed by atoms with Crippen LogP contribution in [0.4, 0.5) is 0 Å². The van der Waals surface area contributed by atoms with Crippen LogP contribution in [-0.4, -0.2) is 54.8 Å². The fraction of sp³-hybridized carbons (Fsp3) is 0.846. The molecular formula is C13H24N2O4. The van der Waals surface area contributed by atoms with Crippen LogP contribution >= 0.6 is 0 Å². The average molecular weight is 272 g/mol. The van der Waals surface area contributed by atoms with Gasteiger partial charge >= 0.3 is 0 Å². The van der Waals surface area contributed by atoms with Crippen LogP contribution < -0.4 is 5.32 Å². The lowest BCUT2D eigenvalue weighted by atomic mass is 9.98. The highest BCUT2D eigenvalue weighted by Gasteiger charge is 2.40. The number of ether oxygens (including phenoxy) is 2. The topological polar surface area (TPSA) is 67.9 Å². The number of hydrogen-bond donors (Lipinski definition) is 1. The molecule has 19 heavy (non-hydrogen) atoms. The minimum absolute atomic E-state index is 0.226. The van der Waals surface area contributed by atoms with E-state index in [9.17, 15) is 9.59 Å². The maximum absolute atomic E-state index is 11.8. The van der Waals surface area contributed by atoms with Crippen molar-refractivity contribution in [2.45, 2.75) is 45.9 Å². The van der Waals surface area contributed by atoms with Gasteiger partial charge in [-0.25, -0.2) is 0 Å². The minimum atomic E-state index is -0.684. The van der Waals surface area contributed by atoms with Crippen molar-refractivity contribution >= 4 is 11.8 Å². The Morgan fingerprint density at radius 2 is 1.84 bits per heavy atom. The van der Waals surface area contributed by atoms with Gasteiger partial charge in [-0.15, -0.1) is 0 Å². The maximum Gasteiger partial charge on any atom is 0.246 e. The van der Waals surface area contributed by atoms with Gasteiger partial charge in [-0.2, -0.15) is 0 Å². The van der Waals surface area contributed by atoms with E-state index in [2.05, 4.69) is 5.32 Å². The fourth-order valence-electron chi connectivity index (χ4n) is 2.04. The number of carbonyl (C=O) groups excluding carboxylic acids is 2. The van der Waals surface area contributed by atoms with Gasteiger partial charge in [-0.3, -0.25) is 19.8 Å². The monoisotopic (exact) mass is 272 g/mol. The van der Waals surface area contributed by atoms with Crippen molar-refractivity contribution < 1.29 is 19.1 Å². The van der Waals surface area contributed by atoms with Crippen molar-refractivity contribution in [1.82, 2.24) is 10.2 Å². The molecule has 0 spiro atoms. The SMILES string of the molecule is CCOC(CCN1CC(=O)NC(=O)C1(C)C)OCC. The average Bonchev–Trinajstić information content (AvgIpc) is 2.32. The van der Waals surface area contributed by atoms with Crippen LogP contribution in [0, 0.1) is 0 Å². The van der Waals surface area contributed by atoms with Gasteiger partial charge in [0.15, 0.2) is 6.29 Å². The minimum Gasteiger partial charge on any atom is -0.353 e. The molecule has 0 radical (unpaired) electrons. The largest absolute Gasteiger partial charge is 0.353 e. The zero-order valence-corrected chi connectivity index (χ0v) is 12.2. The molecule has 0 aromatic rings. The van der Waals surface area contributed by atoms with Crippen molar-refractivity contribution in [3.05, 3.63) is 0 Å². The van der Waals surface area contributed by atoms with E-state index in [4.69, 9.17) is 9.47 Å². The second-order valence-corrected chi connectivity index (χ2v) is 4.99. The van der Waals surface area contributed by atoms with Crippen molar-refractivity contribution in [1.29, 1.82) is 0 Å².